The molecule has 0 radical (unpaired) electrons. The van der Waals surface area contributed by atoms with Gasteiger partial charge < -0.3 is 4.74 Å². The fraction of sp³-hybridized carbons (Fsp3) is 0.300. The second kappa shape index (κ2) is 4.74. The van der Waals surface area contributed by atoms with Crippen molar-refractivity contribution in [2.75, 3.05) is 6.61 Å². The molecular weight excluding hydrogens is 186 g/mol. The van der Waals surface area contributed by atoms with E-state index in [-0.39, 0.29) is 0 Å². The molecule has 0 spiro atoms. The van der Waals surface area contributed by atoms with E-state index in [1.807, 2.05) is 6.92 Å². The van der Waals surface area contributed by atoms with Crippen LogP contribution in [0.5, 0.6) is 5.75 Å². The number of rotatable bonds is 3. The summed E-state index contributed by atoms with van der Waals surface area (Å²) in [6, 6.07) is 1.69. The second-order valence-electron chi connectivity index (χ2n) is 2.58. The largest absolute Gasteiger partial charge is 0.492 e. The van der Waals surface area contributed by atoms with Crippen LogP contribution in [0, 0.1) is 19.3 Å². The van der Waals surface area contributed by atoms with Gasteiger partial charge in [0.1, 0.15) is 10.9 Å². The molecule has 0 saturated carbocycles. The Labute approximate surface area is 82.9 Å². The number of aryl methyl sites for hydroxylation is 1. The number of halogens is 1. The van der Waals surface area contributed by atoms with Gasteiger partial charge >= 0.3 is 0 Å². The zero-order valence-corrected chi connectivity index (χ0v) is 8.14. The predicted molar refractivity (Wildman–Crippen MR) is 52.9 cm³/mol. The van der Waals surface area contributed by atoms with Crippen molar-refractivity contribution < 1.29 is 4.74 Å². The molecule has 0 bridgehead atoms. The Morgan fingerprint density at radius 3 is 3.15 bits per heavy atom. The van der Waals surface area contributed by atoms with Crippen LogP contribution >= 0.6 is 11.6 Å². The van der Waals surface area contributed by atoms with Crippen LogP contribution in [0.4, 0.5) is 0 Å². The lowest BCUT2D eigenvalue weighted by Crippen LogP contribution is -1.98. The molecule has 0 aliphatic heterocycles. The molecule has 0 unspecified atom stereocenters. The number of ether oxygens (including phenoxy) is 1. The van der Waals surface area contributed by atoms with Gasteiger partial charge in [0.15, 0.2) is 0 Å². The number of hydrogen-bond acceptors (Lipinski definition) is 2. The molecule has 0 aliphatic rings. The average Bonchev–Trinajstić information content (AvgIpc) is 2.11. The third kappa shape index (κ3) is 2.96. The highest BCUT2D eigenvalue weighted by atomic mass is 35.5. The minimum Gasteiger partial charge on any atom is -0.492 e. The van der Waals surface area contributed by atoms with E-state index < -0.39 is 0 Å². The molecule has 1 rings (SSSR count). The third-order valence-corrected chi connectivity index (χ3v) is 1.73. The van der Waals surface area contributed by atoms with Gasteiger partial charge in [0.2, 0.25) is 0 Å². The van der Waals surface area contributed by atoms with Gasteiger partial charge in [0, 0.05) is 24.2 Å². The summed E-state index contributed by atoms with van der Waals surface area (Å²) in [5.41, 5.74) is 0.960. The molecule has 1 aromatic rings. The Morgan fingerprint density at radius 1 is 1.69 bits per heavy atom. The van der Waals surface area contributed by atoms with Gasteiger partial charge in [0.05, 0.1) is 6.61 Å². The number of terminal acetylenes is 1. The minimum absolute atomic E-state index is 0.432. The minimum atomic E-state index is 0.432. The van der Waals surface area contributed by atoms with Gasteiger partial charge in [-0.3, -0.25) is 0 Å². The molecule has 0 aromatic carbocycles. The van der Waals surface area contributed by atoms with E-state index in [2.05, 4.69) is 10.9 Å². The summed E-state index contributed by atoms with van der Waals surface area (Å²) in [6.07, 6.45) is 7.36. The van der Waals surface area contributed by atoms with Crippen LogP contribution in [0.2, 0.25) is 5.15 Å². The number of nitrogens with zero attached hydrogens (tertiary/aromatic N) is 1. The fourth-order valence-corrected chi connectivity index (χ4v) is 1.00. The van der Waals surface area contributed by atoms with Crippen molar-refractivity contribution in [3.63, 3.8) is 0 Å². The summed E-state index contributed by atoms with van der Waals surface area (Å²) in [6.45, 7) is 2.42. The molecule has 0 saturated heterocycles. The molecule has 0 amide bonds. The molecular formula is C10H10ClNO. The van der Waals surface area contributed by atoms with Crippen molar-refractivity contribution in [1.29, 1.82) is 0 Å². The van der Waals surface area contributed by atoms with Crippen LogP contribution in [0.3, 0.4) is 0 Å². The first kappa shape index (κ1) is 9.88. The van der Waals surface area contributed by atoms with Crippen LogP contribution in [0.15, 0.2) is 12.3 Å². The highest BCUT2D eigenvalue weighted by Gasteiger charge is 2.00. The number of hydrogen-bond donors (Lipinski definition) is 0. The van der Waals surface area contributed by atoms with Gasteiger partial charge in [-0.05, 0) is 6.92 Å². The topological polar surface area (TPSA) is 22.1 Å². The van der Waals surface area contributed by atoms with Crippen LogP contribution in [-0.2, 0) is 0 Å². The van der Waals surface area contributed by atoms with Crippen molar-refractivity contribution >= 4 is 11.6 Å². The molecule has 0 atom stereocenters. The summed E-state index contributed by atoms with van der Waals surface area (Å²) in [4.78, 5) is 3.91. The standard InChI is InChI=1S/C10H10ClNO/c1-3-4-5-13-9-6-10(11)12-7-8(9)2/h1,6-7H,4-5H2,2H3. The highest BCUT2D eigenvalue weighted by molar-refractivity contribution is 6.29. The normalized spacial score (nSPS) is 9.31. The van der Waals surface area contributed by atoms with Crippen molar-refractivity contribution in [1.82, 2.24) is 4.98 Å². The third-order valence-electron chi connectivity index (χ3n) is 1.52. The predicted octanol–water partition coefficient (Wildman–Crippen LogP) is 2.45. The van der Waals surface area contributed by atoms with E-state index in [0.717, 1.165) is 11.3 Å². The van der Waals surface area contributed by atoms with Crippen molar-refractivity contribution in [3.8, 4) is 18.1 Å². The Morgan fingerprint density at radius 2 is 2.46 bits per heavy atom. The van der Waals surface area contributed by atoms with Crippen LogP contribution in [0.25, 0.3) is 0 Å². The van der Waals surface area contributed by atoms with E-state index in [4.69, 9.17) is 22.8 Å². The smallest absolute Gasteiger partial charge is 0.132 e. The van der Waals surface area contributed by atoms with Crippen LogP contribution in [0.1, 0.15) is 12.0 Å². The maximum absolute atomic E-state index is 5.70. The van der Waals surface area contributed by atoms with Gasteiger partial charge in [0.25, 0.3) is 0 Å². The first-order valence-electron chi connectivity index (χ1n) is 3.92. The van der Waals surface area contributed by atoms with E-state index in [9.17, 15) is 0 Å². The molecule has 3 heteroatoms. The average molecular weight is 196 g/mol. The number of pyridine rings is 1. The molecule has 1 heterocycles. The summed E-state index contributed by atoms with van der Waals surface area (Å²) < 4.78 is 5.39. The van der Waals surface area contributed by atoms with Gasteiger partial charge in [-0.25, -0.2) is 4.98 Å². The summed E-state index contributed by atoms with van der Waals surface area (Å²) in [7, 11) is 0. The second-order valence-corrected chi connectivity index (χ2v) is 2.96. The van der Waals surface area contributed by atoms with Gasteiger partial charge in [-0.1, -0.05) is 11.6 Å². The lowest BCUT2D eigenvalue weighted by molar-refractivity contribution is 0.324. The molecule has 0 N–H and O–H groups in total. The van der Waals surface area contributed by atoms with Crippen molar-refractivity contribution in [3.05, 3.63) is 23.0 Å². The summed E-state index contributed by atoms with van der Waals surface area (Å²) >= 11 is 5.70. The summed E-state index contributed by atoms with van der Waals surface area (Å²) in [5.74, 6) is 3.24. The maximum Gasteiger partial charge on any atom is 0.132 e. The molecule has 1 aromatic heterocycles. The maximum atomic E-state index is 5.70. The van der Waals surface area contributed by atoms with E-state index in [0.29, 0.717) is 18.2 Å². The van der Waals surface area contributed by atoms with Crippen molar-refractivity contribution in [2.45, 2.75) is 13.3 Å². The quantitative estimate of drug-likeness (QED) is 0.420. The summed E-state index contributed by atoms with van der Waals surface area (Å²) in [5, 5.41) is 0.432. The Bertz CT molecular complexity index is 330. The van der Waals surface area contributed by atoms with E-state index in [1.54, 1.807) is 12.3 Å². The van der Waals surface area contributed by atoms with Crippen LogP contribution in [-0.4, -0.2) is 11.6 Å². The van der Waals surface area contributed by atoms with E-state index in [1.165, 1.54) is 0 Å². The zero-order chi connectivity index (χ0) is 9.68. The molecule has 0 aliphatic carbocycles. The Kier molecular flexibility index (Phi) is 3.60. The molecule has 2 nitrogen and oxygen atoms in total. The lowest BCUT2D eigenvalue weighted by Gasteiger charge is -2.06. The van der Waals surface area contributed by atoms with E-state index >= 15 is 0 Å². The van der Waals surface area contributed by atoms with Crippen LogP contribution < -0.4 is 4.74 Å². The first-order valence-corrected chi connectivity index (χ1v) is 4.30. The number of aromatic nitrogens is 1. The Hall–Kier alpha value is -1.20. The Balaban J connectivity index is 2.65. The van der Waals surface area contributed by atoms with Gasteiger partial charge in [-0.2, -0.15) is 0 Å². The molecule has 13 heavy (non-hydrogen) atoms. The zero-order valence-electron chi connectivity index (χ0n) is 7.38. The molecule has 0 fully saturated rings. The van der Waals surface area contributed by atoms with Crippen molar-refractivity contribution in [2.24, 2.45) is 0 Å². The fourth-order valence-electron chi connectivity index (χ4n) is 0.857. The monoisotopic (exact) mass is 195 g/mol. The lowest BCUT2D eigenvalue weighted by atomic mass is 10.3. The SMILES string of the molecule is C#CCCOc1cc(Cl)ncc1C. The molecule has 68 valence electrons. The van der Waals surface area contributed by atoms with Gasteiger partial charge in [-0.15, -0.1) is 12.3 Å². The first-order chi connectivity index (χ1) is 6.24. The highest BCUT2D eigenvalue weighted by Crippen LogP contribution is 2.19.